The number of nitrogens with one attached hydrogen (secondary N) is 1. The summed E-state index contributed by atoms with van der Waals surface area (Å²) in [7, 11) is 0. The lowest BCUT2D eigenvalue weighted by Gasteiger charge is -2.53. The first-order valence-electron chi connectivity index (χ1n) is 14.5. The second kappa shape index (κ2) is 8.76. The summed E-state index contributed by atoms with van der Waals surface area (Å²) >= 11 is 0. The maximum Gasteiger partial charge on any atom is 0.325 e. The summed E-state index contributed by atoms with van der Waals surface area (Å²) < 4.78 is 6.43. The van der Waals surface area contributed by atoms with Gasteiger partial charge in [0.2, 0.25) is 5.91 Å². The number of esters is 1. The van der Waals surface area contributed by atoms with Crippen LogP contribution in [0.1, 0.15) is 78.6 Å². The van der Waals surface area contributed by atoms with Crippen molar-refractivity contribution in [3.8, 4) is 0 Å². The Balaban J connectivity index is 1.27. The molecule has 9 unspecified atom stereocenters. The van der Waals surface area contributed by atoms with Gasteiger partial charge in [0.25, 0.3) is 0 Å². The Morgan fingerprint density at radius 2 is 1.37 bits per heavy atom. The van der Waals surface area contributed by atoms with Gasteiger partial charge in [0.1, 0.15) is 12.1 Å². The van der Waals surface area contributed by atoms with Gasteiger partial charge in [0.15, 0.2) is 0 Å². The van der Waals surface area contributed by atoms with Crippen molar-refractivity contribution in [1.82, 2.24) is 5.32 Å². The molecule has 0 aromatic heterocycles. The number of carbonyl (C=O) groups is 3. The largest absolute Gasteiger partial charge is 0.480 e. The van der Waals surface area contributed by atoms with Crippen molar-refractivity contribution in [2.45, 2.75) is 90.7 Å². The molecule has 7 rings (SSSR count). The van der Waals surface area contributed by atoms with Crippen LogP contribution in [-0.4, -0.2) is 35.1 Å². The van der Waals surface area contributed by atoms with E-state index in [2.05, 4.69) is 19.2 Å². The molecule has 2 N–H and O–H groups in total. The fraction of sp³-hybridized carbons (Fsp3) is 0.897. The Kier molecular flexibility index (Phi) is 5.95. The molecule has 7 fully saturated rings. The molecule has 6 heteroatoms. The lowest BCUT2D eigenvalue weighted by molar-refractivity contribution is -0.181. The smallest absolute Gasteiger partial charge is 0.325 e. The van der Waals surface area contributed by atoms with Crippen LogP contribution in [0.15, 0.2) is 0 Å². The molecule has 0 aromatic rings. The second-order valence-electron chi connectivity index (χ2n) is 13.2. The first kappa shape index (κ1) is 23.8. The topological polar surface area (TPSA) is 92.7 Å². The van der Waals surface area contributed by atoms with Gasteiger partial charge in [-0.2, -0.15) is 0 Å². The van der Waals surface area contributed by atoms with Gasteiger partial charge >= 0.3 is 11.9 Å². The SMILES string of the molecule is CCC1CC(CC)C2C3CC(C(C(=O)NC(C)C(=O)O)C3C(=O)OC3C4CC5CC(C4)CC3C5)C12. The number of aliphatic carboxylic acids is 1. The van der Waals surface area contributed by atoms with Crippen molar-refractivity contribution in [2.24, 2.45) is 71.0 Å². The fourth-order valence-electron chi connectivity index (χ4n) is 10.7. The van der Waals surface area contributed by atoms with E-state index in [-0.39, 0.29) is 29.8 Å². The highest BCUT2D eigenvalue weighted by molar-refractivity contribution is 5.89. The predicted octanol–water partition coefficient (Wildman–Crippen LogP) is 4.51. The van der Waals surface area contributed by atoms with Gasteiger partial charge in [0.05, 0.1) is 11.8 Å². The number of carbonyl (C=O) groups excluding carboxylic acids is 2. The molecule has 0 heterocycles. The van der Waals surface area contributed by atoms with Crippen LogP contribution in [0.3, 0.4) is 0 Å². The normalized spacial score (nSPS) is 49.6. The average molecular weight is 486 g/mol. The van der Waals surface area contributed by atoms with Crippen molar-refractivity contribution >= 4 is 17.8 Å². The lowest BCUT2D eigenvalue weighted by atomic mass is 9.55. The number of carboxylic acid groups (broad SMARTS) is 1. The number of carboxylic acids is 1. The van der Waals surface area contributed by atoms with E-state index in [0.717, 1.165) is 31.1 Å². The van der Waals surface area contributed by atoms with Crippen LogP contribution in [-0.2, 0) is 19.1 Å². The Labute approximate surface area is 209 Å². The molecule has 0 saturated heterocycles. The Hall–Kier alpha value is -1.59. The third kappa shape index (κ3) is 3.67. The zero-order valence-corrected chi connectivity index (χ0v) is 21.5. The fourth-order valence-corrected chi connectivity index (χ4v) is 10.7. The first-order chi connectivity index (χ1) is 16.8. The van der Waals surface area contributed by atoms with Crippen LogP contribution in [0.4, 0.5) is 0 Å². The third-order valence-electron chi connectivity index (χ3n) is 11.7. The molecule has 7 aliphatic carbocycles. The van der Waals surface area contributed by atoms with Gasteiger partial charge in [-0.15, -0.1) is 0 Å². The molecule has 1 amide bonds. The van der Waals surface area contributed by atoms with E-state index in [1.807, 2.05) is 0 Å². The molecule has 0 aromatic carbocycles. The highest BCUT2D eigenvalue weighted by Gasteiger charge is 2.67. The van der Waals surface area contributed by atoms with Crippen LogP contribution in [0.2, 0.25) is 0 Å². The standard InChI is InChI=1S/C29H43NO5/c1-4-16-11-17(5-2)23-21-12-20(22(16)23)24(27(31)30-13(3)28(32)33)25(21)29(34)35-26-18-7-14-6-15(9-18)10-19(26)8-14/h13-26H,4-12H2,1-3H3,(H,30,31)(H,32,33). The van der Waals surface area contributed by atoms with Crippen molar-refractivity contribution < 1.29 is 24.2 Å². The van der Waals surface area contributed by atoms with Crippen molar-refractivity contribution in [1.29, 1.82) is 0 Å². The Morgan fingerprint density at radius 3 is 1.89 bits per heavy atom. The van der Waals surface area contributed by atoms with E-state index in [4.69, 9.17) is 4.74 Å². The first-order valence-corrected chi connectivity index (χ1v) is 14.5. The number of rotatable bonds is 7. The van der Waals surface area contributed by atoms with Gasteiger partial charge in [-0.25, -0.2) is 0 Å². The molecule has 6 nitrogen and oxygen atoms in total. The summed E-state index contributed by atoms with van der Waals surface area (Å²) in [6, 6.07) is -0.951. The quantitative estimate of drug-likeness (QED) is 0.518. The van der Waals surface area contributed by atoms with Crippen LogP contribution >= 0.6 is 0 Å². The van der Waals surface area contributed by atoms with Gasteiger partial charge in [0, 0.05) is 0 Å². The molecule has 35 heavy (non-hydrogen) atoms. The highest BCUT2D eigenvalue weighted by Crippen LogP contribution is 2.68. The summed E-state index contributed by atoms with van der Waals surface area (Å²) in [4.78, 5) is 39.0. The monoisotopic (exact) mass is 485 g/mol. The van der Waals surface area contributed by atoms with E-state index < -0.39 is 23.8 Å². The van der Waals surface area contributed by atoms with E-state index in [1.165, 1.54) is 45.4 Å². The average Bonchev–Trinajstić information content (AvgIpc) is 3.49. The molecule has 7 saturated carbocycles. The third-order valence-corrected chi connectivity index (χ3v) is 11.7. The molecule has 9 atom stereocenters. The zero-order chi connectivity index (χ0) is 24.6. The zero-order valence-electron chi connectivity index (χ0n) is 21.5. The van der Waals surface area contributed by atoms with E-state index >= 15 is 0 Å². The van der Waals surface area contributed by atoms with Gasteiger partial charge in [-0.05, 0) is 111 Å². The van der Waals surface area contributed by atoms with Crippen molar-refractivity contribution in [3.63, 3.8) is 0 Å². The van der Waals surface area contributed by atoms with Gasteiger partial charge in [-0.1, -0.05) is 26.7 Å². The maximum atomic E-state index is 14.0. The molecule has 0 spiro atoms. The van der Waals surface area contributed by atoms with E-state index in [0.29, 0.717) is 35.5 Å². The summed E-state index contributed by atoms with van der Waals surface area (Å²) in [6.07, 6.45) is 10.5. The Bertz CT molecular complexity index is 858. The summed E-state index contributed by atoms with van der Waals surface area (Å²) in [5, 5.41) is 12.1. The minimum Gasteiger partial charge on any atom is -0.480 e. The Morgan fingerprint density at radius 1 is 0.829 bits per heavy atom. The minimum atomic E-state index is -1.04. The van der Waals surface area contributed by atoms with E-state index in [1.54, 1.807) is 0 Å². The van der Waals surface area contributed by atoms with Crippen LogP contribution in [0.25, 0.3) is 0 Å². The molecule has 0 radical (unpaired) electrons. The molecule has 194 valence electrons. The van der Waals surface area contributed by atoms with Crippen molar-refractivity contribution in [3.05, 3.63) is 0 Å². The number of fused-ring (bicyclic) bond motifs is 5. The molecule has 7 aliphatic rings. The van der Waals surface area contributed by atoms with Crippen LogP contribution in [0.5, 0.6) is 0 Å². The van der Waals surface area contributed by atoms with Gasteiger partial charge in [-0.3, -0.25) is 14.4 Å². The molecular weight excluding hydrogens is 442 g/mol. The number of ether oxygens (including phenoxy) is 1. The number of hydrogen-bond acceptors (Lipinski definition) is 4. The molecule has 0 aliphatic heterocycles. The maximum absolute atomic E-state index is 14.0. The number of hydrogen-bond donors (Lipinski definition) is 2. The van der Waals surface area contributed by atoms with Crippen molar-refractivity contribution in [2.75, 3.05) is 0 Å². The second-order valence-corrected chi connectivity index (χ2v) is 13.2. The lowest BCUT2D eigenvalue weighted by Crippen LogP contribution is -2.53. The summed E-state index contributed by atoms with van der Waals surface area (Å²) in [6.45, 7) is 6.04. The molecular formula is C29H43NO5. The number of amides is 1. The van der Waals surface area contributed by atoms with Crippen LogP contribution in [0, 0.1) is 71.0 Å². The summed E-state index contributed by atoms with van der Waals surface area (Å²) in [5.41, 5.74) is 0. The predicted molar refractivity (Wildman–Crippen MR) is 130 cm³/mol. The highest BCUT2D eigenvalue weighted by atomic mass is 16.5. The minimum absolute atomic E-state index is 0.0285. The summed E-state index contributed by atoms with van der Waals surface area (Å²) in [5.74, 6) is 2.94. The van der Waals surface area contributed by atoms with E-state index in [9.17, 15) is 19.5 Å². The molecule has 6 bridgehead atoms. The van der Waals surface area contributed by atoms with Crippen LogP contribution < -0.4 is 5.32 Å². The van der Waals surface area contributed by atoms with Gasteiger partial charge < -0.3 is 15.2 Å².